The molecule has 4 aliphatic heterocycles. The Labute approximate surface area is 630 Å². The highest BCUT2D eigenvalue weighted by Crippen LogP contribution is 2.43. The van der Waals surface area contributed by atoms with Crippen molar-refractivity contribution < 1.29 is 57.7 Å². The predicted molar refractivity (Wildman–Crippen MR) is 412 cm³/mol. The molecule has 0 spiro atoms. The number of benzene rings is 2. The molecule has 28 nitrogen and oxygen atoms in total. The lowest BCUT2D eigenvalue weighted by Gasteiger charge is -2.43. The Morgan fingerprint density at radius 2 is 0.944 bits per heavy atom. The highest BCUT2D eigenvalue weighted by Gasteiger charge is 2.43. The number of methoxy groups -OCH3 is 2. The first-order valence-electron chi connectivity index (χ1n) is 39.4. The van der Waals surface area contributed by atoms with E-state index in [9.17, 15) is 43.5 Å². The smallest absolute Gasteiger partial charge is 0.328 e. The highest BCUT2D eigenvalue weighted by atomic mass is 16.5. The van der Waals surface area contributed by atoms with Crippen molar-refractivity contribution in [3.8, 4) is 11.5 Å². The van der Waals surface area contributed by atoms with E-state index in [1.807, 2.05) is 41.5 Å². The number of carboxylic acids is 1. The molecule has 3 saturated carbocycles. The fourth-order valence-corrected chi connectivity index (χ4v) is 16.2. The number of ether oxygens (including phenoxy) is 3. The third kappa shape index (κ3) is 21.1. The Kier molecular flexibility index (Phi) is 28.8. The second-order valence-corrected chi connectivity index (χ2v) is 30.8. The number of likely N-dealkylation sites (tertiary alicyclic amines) is 2. The van der Waals surface area contributed by atoms with Gasteiger partial charge in [-0.05, 0) is 177 Å². The molecule has 0 radical (unpaired) electrons. The number of likely N-dealkylation sites (N-methyl/N-ethyl adjacent to an activating group) is 2. The van der Waals surface area contributed by atoms with Crippen molar-refractivity contribution in [3.05, 3.63) is 59.9 Å². The molecule has 6 amide bonds. The van der Waals surface area contributed by atoms with Crippen molar-refractivity contribution in [2.24, 2.45) is 11.8 Å². The molecule has 6 heterocycles. The van der Waals surface area contributed by atoms with Crippen LogP contribution in [0.15, 0.2) is 48.8 Å². The summed E-state index contributed by atoms with van der Waals surface area (Å²) >= 11 is 0. The van der Waals surface area contributed by atoms with Gasteiger partial charge in [0, 0.05) is 88.4 Å². The second-order valence-electron chi connectivity index (χ2n) is 30.8. The summed E-state index contributed by atoms with van der Waals surface area (Å²) in [5.74, 6) is 1.82. The third-order valence-corrected chi connectivity index (χ3v) is 22.1. The lowest BCUT2D eigenvalue weighted by atomic mass is 10.0. The fraction of sp³-hybridized carbons (Fsp3) is 0.646. The minimum atomic E-state index is -1.00. The average Bonchev–Trinajstić information content (AvgIpc) is 1.69. The second kappa shape index (κ2) is 38.2. The summed E-state index contributed by atoms with van der Waals surface area (Å²) in [6, 6.07) is 9.15. The zero-order valence-corrected chi connectivity index (χ0v) is 64.6. The molecule has 7 N–H and O–H groups in total. The van der Waals surface area contributed by atoms with E-state index in [2.05, 4.69) is 61.5 Å². The molecule has 4 atom stereocenters. The molecule has 0 bridgehead atoms. The van der Waals surface area contributed by atoms with Crippen LogP contribution in [0.3, 0.4) is 0 Å². The Balaban J connectivity index is 0.000000230. The largest absolute Gasteiger partial charge is 0.495 e. The van der Waals surface area contributed by atoms with Crippen LogP contribution in [0.5, 0.6) is 11.5 Å². The number of amides is 6. The van der Waals surface area contributed by atoms with Gasteiger partial charge in [0.15, 0.2) is 11.6 Å². The number of nitrogens with one attached hydrogen (secondary N) is 6. The molecular weight excluding hydrogens is 1360 g/mol. The van der Waals surface area contributed by atoms with Crippen molar-refractivity contribution in [2.45, 2.75) is 250 Å². The number of rotatable bonds is 31. The number of anilines is 8. The van der Waals surface area contributed by atoms with Gasteiger partial charge in [-0.1, -0.05) is 67.2 Å². The number of piperidine rings is 2. The van der Waals surface area contributed by atoms with Crippen LogP contribution in [0.2, 0.25) is 0 Å². The molecule has 2 saturated heterocycles. The van der Waals surface area contributed by atoms with Gasteiger partial charge >= 0.3 is 11.9 Å². The predicted octanol–water partition coefficient (Wildman–Crippen LogP) is 10.0. The van der Waals surface area contributed by atoms with Crippen LogP contribution in [0.4, 0.5) is 46.3 Å². The monoisotopic (exact) mass is 1480 g/mol. The molecule has 107 heavy (non-hydrogen) atoms. The maximum Gasteiger partial charge on any atom is 0.328 e. The van der Waals surface area contributed by atoms with Crippen LogP contribution in [0.1, 0.15) is 216 Å². The zero-order valence-electron chi connectivity index (χ0n) is 64.6. The van der Waals surface area contributed by atoms with E-state index < -0.39 is 18.1 Å². The standard InChI is InChI=1S/C42H62N8O6.C37H54N8O6/c1-6-34-40(53)48(4)35-26-43-42(47-38(35)50(34)30-12-7-8-13-30)46-32-18-17-28(25-36(32)55-5)39(52)44-29-19-22-49(23-20-29)21-11-16-37(51)45-33(24-27(2)3)41(54)56-31-14-9-10-15-31;1-6-29-35(48)43(4)30-22-38-37(42-33(30)45(29)26-10-7-8-11-26)41-27-14-13-24(21-31(27)51-5)34(47)39-25-15-18-44(19-16-25)17-9-12-32(46)40-28(36(49)50)20-23(2)3/h17-18,25-27,29-31,33-34H,6-16,19-24H2,1-5H3,(H,44,52)(H,45,51)(H,43,46,47);13-14,21-23,25-26,28-29H,6-12,15-20H2,1-5H3,(H,39,47)(H,40,46)(H,49,50)(H,38,41,42)/t33-,34+;28-,29+/m00/s1. The number of carbonyl (C=O) groups is 8. The molecular formula is C79H116N16O12. The molecule has 3 aliphatic carbocycles. The van der Waals surface area contributed by atoms with E-state index in [1.165, 1.54) is 0 Å². The number of hydrogen-bond donors (Lipinski definition) is 7. The number of aliphatic carboxylic acids is 1. The Bertz CT molecular complexity index is 3710. The molecule has 5 fully saturated rings. The maximum absolute atomic E-state index is 13.4. The molecule has 7 aliphatic rings. The SMILES string of the molecule is CC[C@@H]1C(=O)N(C)c2cnc(Nc3ccc(C(=O)NC4CCN(CCCC(=O)N[C@@H](CC(C)C)C(=O)O)CC4)cc3OC)nc2N1C1CCCC1.CC[C@@H]1C(=O)N(C)c2cnc(Nc3ccc(C(=O)NC4CCN(CCCC(=O)N[C@@H](CC(C)C)C(=O)OC5CCCC5)CC4)cc3OC)nc2N1C1CCCC1. The van der Waals surface area contributed by atoms with Crippen LogP contribution in [-0.4, -0.2) is 204 Å². The van der Waals surface area contributed by atoms with E-state index in [0.29, 0.717) is 102 Å². The lowest BCUT2D eigenvalue weighted by Crippen LogP contribution is -2.55. The fourth-order valence-electron chi connectivity index (χ4n) is 16.2. The summed E-state index contributed by atoms with van der Waals surface area (Å²) in [6.07, 6.45) is 23.6. The minimum absolute atomic E-state index is 0.0189. The summed E-state index contributed by atoms with van der Waals surface area (Å²) in [5.41, 5.74) is 3.62. The Hall–Kier alpha value is -8.92. The summed E-state index contributed by atoms with van der Waals surface area (Å²) in [5, 5.41) is 27.9. The molecule has 4 aromatic rings. The average molecular weight is 1480 g/mol. The summed E-state index contributed by atoms with van der Waals surface area (Å²) in [4.78, 5) is 134. The molecule has 0 unspecified atom stereocenters. The quantitative estimate of drug-likeness (QED) is 0.0230. The number of aromatic nitrogens is 4. The van der Waals surface area contributed by atoms with E-state index >= 15 is 0 Å². The van der Waals surface area contributed by atoms with Gasteiger partial charge in [0.05, 0.1) is 38.0 Å². The van der Waals surface area contributed by atoms with E-state index in [1.54, 1.807) is 86.9 Å². The number of carbonyl (C=O) groups excluding carboxylic acids is 7. The summed E-state index contributed by atoms with van der Waals surface area (Å²) < 4.78 is 17.1. The van der Waals surface area contributed by atoms with Crippen molar-refractivity contribution in [3.63, 3.8) is 0 Å². The first-order valence-corrected chi connectivity index (χ1v) is 39.4. The normalized spacial score (nSPS) is 19.7. The Morgan fingerprint density at radius 1 is 0.551 bits per heavy atom. The maximum atomic E-state index is 13.4. The van der Waals surface area contributed by atoms with Gasteiger partial charge < -0.3 is 80.6 Å². The topological polar surface area (TPSA) is 328 Å². The van der Waals surface area contributed by atoms with Crippen LogP contribution >= 0.6 is 0 Å². The van der Waals surface area contributed by atoms with E-state index in [-0.39, 0.29) is 102 Å². The van der Waals surface area contributed by atoms with Crippen LogP contribution in [0.25, 0.3) is 0 Å². The molecule has 28 heteroatoms. The first-order chi connectivity index (χ1) is 51.5. The van der Waals surface area contributed by atoms with Gasteiger partial charge in [-0.3, -0.25) is 28.8 Å². The van der Waals surface area contributed by atoms with Crippen LogP contribution in [0, 0.1) is 11.8 Å². The van der Waals surface area contributed by atoms with Gasteiger partial charge in [0.2, 0.25) is 35.5 Å². The number of carboxylic acid groups (broad SMARTS) is 1. The minimum Gasteiger partial charge on any atom is -0.495 e. The number of hydrogen-bond acceptors (Lipinski definition) is 21. The highest BCUT2D eigenvalue weighted by molar-refractivity contribution is 6.05. The summed E-state index contributed by atoms with van der Waals surface area (Å²) in [6.45, 7) is 16.8. The number of nitrogens with zero attached hydrogens (tertiary/aromatic N) is 10. The van der Waals surface area contributed by atoms with E-state index in [4.69, 9.17) is 24.2 Å². The van der Waals surface area contributed by atoms with Gasteiger partial charge in [-0.25, -0.2) is 19.6 Å². The van der Waals surface area contributed by atoms with Crippen molar-refractivity contribution in [2.75, 3.05) is 97.8 Å². The van der Waals surface area contributed by atoms with Crippen molar-refractivity contribution >= 4 is 93.7 Å². The number of esters is 1. The van der Waals surface area contributed by atoms with Crippen molar-refractivity contribution in [1.29, 1.82) is 0 Å². The molecule has 11 rings (SSSR count). The number of fused-ring (bicyclic) bond motifs is 2. The van der Waals surface area contributed by atoms with Gasteiger partial charge in [0.25, 0.3) is 11.8 Å². The molecule has 584 valence electrons. The van der Waals surface area contributed by atoms with Crippen LogP contribution < -0.4 is 61.0 Å². The van der Waals surface area contributed by atoms with Gasteiger partial charge in [0.1, 0.15) is 53.1 Å². The summed E-state index contributed by atoms with van der Waals surface area (Å²) in [7, 11) is 6.69. The third-order valence-electron chi connectivity index (χ3n) is 22.1. The molecule has 2 aromatic heterocycles. The lowest BCUT2D eigenvalue weighted by molar-refractivity contribution is -0.153. The first kappa shape index (κ1) is 80.6. The Morgan fingerprint density at radius 3 is 1.33 bits per heavy atom. The zero-order chi connectivity index (χ0) is 76.4. The van der Waals surface area contributed by atoms with Gasteiger partial charge in [-0.2, -0.15) is 9.97 Å². The van der Waals surface area contributed by atoms with Gasteiger partial charge in [-0.15, -0.1) is 0 Å². The van der Waals surface area contributed by atoms with E-state index in [0.717, 1.165) is 154 Å². The molecule has 2 aromatic carbocycles. The van der Waals surface area contributed by atoms with Crippen molar-refractivity contribution in [1.82, 2.24) is 51.0 Å². The van der Waals surface area contributed by atoms with Crippen LogP contribution in [-0.2, 0) is 33.5 Å².